The van der Waals surface area contributed by atoms with Crippen molar-refractivity contribution in [3.63, 3.8) is 0 Å². The van der Waals surface area contributed by atoms with Crippen molar-refractivity contribution >= 4 is 11.8 Å². The van der Waals surface area contributed by atoms with E-state index in [4.69, 9.17) is 9.47 Å². The minimum Gasteiger partial charge on any atom is -0.493 e. The lowest BCUT2D eigenvalue weighted by Crippen LogP contribution is -2.35. The van der Waals surface area contributed by atoms with E-state index in [0.29, 0.717) is 24.2 Å². The van der Waals surface area contributed by atoms with Crippen molar-refractivity contribution in [1.29, 1.82) is 0 Å². The summed E-state index contributed by atoms with van der Waals surface area (Å²) in [6.45, 7) is 8.26. The Balaban J connectivity index is 2.11. The number of carbonyl (C=O) groups is 2. The van der Waals surface area contributed by atoms with Crippen LogP contribution in [0.5, 0.6) is 5.75 Å². The lowest BCUT2D eigenvalue weighted by Gasteiger charge is -2.35. The number of benzene rings is 1. The van der Waals surface area contributed by atoms with Crippen LogP contribution in [0.4, 0.5) is 0 Å². The average Bonchev–Trinajstić information content (AvgIpc) is 2.67. The number of carbonyl (C=O) groups excluding carboxylic acids is 2. The molecular weight excluding hydrogens is 366 g/mol. The SMILES string of the molecule is CCCCOc1ccccc1[C@@H]1C(C(=O)OC(C)C)=C(C)NC2=C1C(=O)CCC2. The number of hydrogen-bond acceptors (Lipinski definition) is 5. The topological polar surface area (TPSA) is 64.6 Å². The molecule has 0 amide bonds. The van der Waals surface area contributed by atoms with E-state index in [1.54, 1.807) is 0 Å². The molecule has 1 atom stereocenters. The van der Waals surface area contributed by atoms with Crippen LogP contribution in [0, 0.1) is 0 Å². The van der Waals surface area contributed by atoms with Gasteiger partial charge in [0.2, 0.25) is 0 Å². The second-order valence-electron chi connectivity index (χ2n) is 7.96. The number of ketones is 1. The molecule has 2 aliphatic rings. The van der Waals surface area contributed by atoms with E-state index in [1.165, 1.54) is 0 Å². The van der Waals surface area contributed by atoms with Crippen LogP contribution in [0.2, 0.25) is 0 Å². The third-order valence-corrected chi connectivity index (χ3v) is 5.32. The summed E-state index contributed by atoms with van der Waals surface area (Å²) in [6, 6.07) is 7.73. The Kier molecular flexibility index (Phi) is 6.78. The number of Topliss-reactive ketones (excluding diaryl/α,β-unsaturated/α-hetero) is 1. The van der Waals surface area contributed by atoms with Gasteiger partial charge in [0.1, 0.15) is 5.75 Å². The van der Waals surface area contributed by atoms with E-state index in [0.717, 1.165) is 48.4 Å². The lowest BCUT2D eigenvalue weighted by molar-refractivity contribution is -0.143. The highest BCUT2D eigenvalue weighted by molar-refractivity contribution is 6.04. The van der Waals surface area contributed by atoms with E-state index in [-0.39, 0.29) is 17.9 Å². The van der Waals surface area contributed by atoms with Crippen molar-refractivity contribution in [3.8, 4) is 5.75 Å². The maximum Gasteiger partial charge on any atom is 0.337 e. The molecule has 1 aliphatic carbocycles. The Morgan fingerprint density at radius 2 is 2.00 bits per heavy atom. The molecule has 1 N–H and O–H groups in total. The van der Waals surface area contributed by atoms with Crippen molar-refractivity contribution in [3.05, 3.63) is 52.4 Å². The average molecular weight is 398 g/mol. The molecule has 29 heavy (non-hydrogen) atoms. The molecule has 0 saturated carbocycles. The van der Waals surface area contributed by atoms with Gasteiger partial charge in [-0.2, -0.15) is 0 Å². The van der Waals surface area contributed by atoms with Crippen LogP contribution >= 0.6 is 0 Å². The van der Waals surface area contributed by atoms with E-state index >= 15 is 0 Å². The number of nitrogens with one attached hydrogen (secondary N) is 1. The number of esters is 1. The number of allylic oxidation sites excluding steroid dienone is 3. The van der Waals surface area contributed by atoms with Gasteiger partial charge < -0.3 is 14.8 Å². The molecule has 1 aromatic rings. The largest absolute Gasteiger partial charge is 0.493 e. The maximum absolute atomic E-state index is 13.1. The van der Waals surface area contributed by atoms with E-state index in [1.807, 2.05) is 45.0 Å². The van der Waals surface area contributed by atoms with Crippen molar-refractivity contribution in [2.75, 3.05) is 6.61 Å². The monoisotopic (exact) mass is 397 g/mol. The lowest BCUT2D eigenvalue weighted by atomic mass is 9.75. The molecule has 3 rings (SSSR count). The first-order valence-electron chi connectivity index (χ1n) is 10.6. The summed E-state index contributed by atoms with van der Waals surface area (Å²) in [4.78, 5) is 26.0. The predicted octanol–water partition coefficient (Wildman–Crippen LogP) is 4.79. The molecule has 5 nitrogen and oxygen atoms in total. The Morgan fingerprint density at radius 3 is 2.72 bits per heavy atom. The Bertz CT molecular complexity index is 850. The summed E-state index contributed by atoms with van der Waals surface area (Å²) in [5.74, 6) is -0.0402. The fourth-order valence-corrected chi connectivity index (χ4v) is 4.02. The predicted molar refractivity (Wildman–Crippen MR) is 113 cm³/mol. The molecule has 0 bridgehead atoms. The van der Waals surface area contributed by atoms with Gasteiger partial charge in [-0.15, -0.1) is 0 Å². The molecule has 0 unspecified atom stereocenters. The third-order valence-electron chi connectivity index (χ3n) is 5.32. The molecule has 0 aromatic heterocycles. The molecule has 1 aliphatic heterocycles. The van der Waals surface area contributed by atoms with Crippen LogP contribution in [0.1, 0.15) is 71.3 Å². The normalized spacial score (nSPS) is 19.2. The minimum atomic E-state index is -0.469. The summed E-state index contributed by atoms with van der Waals surface area (Å²) in [5, 5.41) is 3.32. The van der Waals surface area contributed by atoms with Crippen LogP contribution < -0.4 is 10.1 Å². The highest BCUT2D eigenvalue weighted by atomic mass is 16.5. The number of rotatable bonds is 7. The van der Waals surface area contributed by atoms with Gasteiger partial charge in [0.05, 0.1) is 24.2 Å². The van der Waals surface area contributed by atoms with Crippen LogP contribution in [-0.4, -0.2) is 24.5 Å². The molecule has 1 heterocycles. The molecule has 0 radical (unpaired) electrons. The minimum absolute atomic E-state index is 0.0921. The summed E-state index contributed by atoms with van der Waals surface area (Å²) in [5.41, 5.74) is 3.71. The maximum atomic E-state index is 13.1. The molecule has 0 saturated heterocycles. The first kappa shape index (κ1) is 21.2. The standard InChI is InChI=1S/C24H31NO4/c1-5-6-14-28-20-13-8-7-10-17(20)22-21(24(27)29-15(2)3)16(4)25-18-11-9-12-19(26)23(18)22/h7-8,10,13,15,22,25H,5-6,9,11-12,14H2,1-4H3/t22-/m1/s1. The van der Waals surface area contributed by atoms with Gasteiger partial charge in [0, 0.05) is 29.0 Å². The summed E-state index contributed by atoms with van der Waals surface area (Å²) in [6.07, 6.45) is 3.88. The fraction of sp³-hybridized carbons (Fsp3) is 0.500. The first-order valence-corrected chi connectivity index (χ1v) is 10.6. The van der Waals surface area contributed by atoms with Crippen molar-refractivity contribution in [1.82, 2.24) is 5.32 Å². The fourth-order valence-electron chi connectivity index (χ4n) is 4.02. The van der Waals surface area contributed by atoms with Crippen LogP contribution in [0.3, 0.4) is 0 Å². The Hall–Kier alpha value is -2.56. The Labute approximate surface area is 173 Å². The summed E-state index contributed by atoms with van der Waals surface area (Å²) < 4.78 is 11.6. The van der Waals surface area contributed by atoms with Gasteiger partial charge in [-0.25, -0.2) is 4.79 Å². The van der Waals surface area contributed by atoms with Crippen LogP contribution in [-0.2, 0) is 14.3 Å². The summed E-state index contributed by atoms with van der Waals surface area (Å²) >= 11 is 0. The zero-order valence-corrected chi connectivity index (χ0v) is 17.8. The van der Waals surface area contributed by atoms with Gasteiger partial charge >= 0.3 is 5.97 Å². The van der Waals surface area contributed by atoms with Crippen molar-refractivity contribution in [2.24, 2.45) is 0 Å². The van der Waals surface area contributed by atoms with Gasteiger partial charge in [0.25, 0.3) is 0 Å². The number of dihydropyridines is 1. The van der Waals surface area contributed by atoms with Crippen molar-refractivity contribution < 1.29 is 19.1 Å². The molecule has 0 spiro atoms. The molecular formula is C24H31NO4. The second-order valence-corrected chi connectivity index (χ2v) is 7.96. The number of para-hydroxylation sites is 1. The second kappa shape index (κ2) is 9.29. The van der Waals surface area contributed by atoms with E-state index in [2.05, 4.69) is 12.2 Å². The molecule has 1 aromatic carbocycles. The first-order chi connectivity index (χ1) is 13.9. The summed E-state index contributed by atoms with van der Waals surface area (Å²) in [7, 11) is 0. The molecule has 0 fully saturated rings. The molecule has 5 heteroatoms. The number of ether oxygens (including phenoxy) is 2. The zero-order chi connectivity index (χ0) is 21.0. The van der Waals surface area contributed by atoms with Crippen LogP contribution in [0.15, 0.2) is 46.8 Å². The van der Waals surface area contributed by atoms with Gasteiger partial charge in [-0.05, 0) is 46.1 Å². The Morgan fingerprint density at radius 1 is 1.24 bits per heavy atom. The smallest absolute Gasteiger partial charge is 0.337 e. The highest BCUT2D eigenvalue weighted by Crippen LogP contribution is 2.45. The third kappa shape index (κ3) is 4.55. The highest BCUT2D eigenvalue weighted by Gasteiger charge is 2.40. The van der Waals surface area contributed by atoms with E-state index in [9.17, 15) is 9.59 Å². The number of unbranched alkanes of at least 4 members (excludes halogenated alkanes) is 1. The van der Waals surface area contributed by atoms with Crippen molar-refractivity contribution in [2.45, 2.75) is 71.8 Å². The van der Waals surface area contributed by atoms with E-state index < -0.39 is 5.92 Å². The zero-order valence-electron chi connectivity index (χ0n) is 17.8. The van der Waals surface area contributed by atoms with Gasteiger partial charge in [-0.1, -0.05) is 31.5 Å². The van der Waals surface area contributed by atoms with Crippen LogP contribution in [0.25, 0.3) is 0 Å². The molecule has 156 valence electrons. The quantitative estimate of drug-likeness (QED) is 0.530. The number of hydrogen-bond donors (Lipinski definition) is 1. The van der Waals surface area contributed by atoms with Gasteiger partial charge in [-0.3, -0.25) is 4.79 Å². The van der Waals surface area contributed by atoms with Gasteiger partial charge in [0.15, 0.2) is 5.78 Å².